The Morgan fingerprint density at radius 1 is 1.52 bits per heavy atom. The lowest BCUT2D eigenvalue weighted by Crippen LogP contribution is -2.23. The van der Waals surface area contributed by atoms with Gasteiger partial charge in [-0.3, -0.25) is 19.7 Å². The van der Waals surface area contributed by atoms with Gasteiger partial charge in [0.2, 0.25) is 0 Å². The number of amides is 1. The molecule has 1 aliphatic rings. The number of ether oxygens (including phenoxy) is 2. The van der Waals surface area contributed by atoms with Gasteiger partial charge < -0.3 is 9.47 Å². The molecule has 1 aromatic rings. The molecule has 0 radical (unpaired) electrons. The van der Waals surface area contributed by atoms with Crippen molar-refractivity contribution in [3.63, 3.8) is 0 Å². The predicted molar refractivity (Wildman–Crippen MR) is 72.2 cm³/mol. The average Bonchev–Trinajstić information content (AvgIpc) is 2.50. The van der Waals surface area contributed by atoms with E-state index in [0.29, 0.717) is 16.9 Å². The van der Waals surface area contributed by atoms with Gasteiger partial charge in [-0.25, -0.2) is 5.06 Å². The van der Waals surface area contributed by atoms with E-state index in [1.165, 1.54) is 38.4 Å². The quantitative estimate of drug-likeness (QED) is 0.474. The van der Waals surface area contributed by atoms with Crippen LogP contribution >= 0.6 is 0 Å². The third kappa shape index (κ3) is 3.36. The number of carbonyl (C=O) groups excluding carboxylic acids is 1. The molecule has 112 valence electrons. The highest BCUT2D eigenvalue weighted by atomic mass is 16.7. The predicted octanol–water partition coefficient (Wildman–Crippen LogP) is 1.49. The molecule has 0 N–H and O–H groups in total. The Balaban J connectivity index is 2.37. The molecule has 0 atom stereocenters. The summed E-state index contributed by atoms with van der Waals surface area (Å²) in [5.74, 6) is 0.0841. The molecule has 2 rings (SSSR count). The van der Waals surface area contributed by atoms with Gasteiger partial charge in [-0.2, -0.15) is 0 Å². The highest BCUT2D eigenvalue weighted by Crippen LogP contribution is 2.33. The first-order valence-corrected chi connectivity index (χ1v) is 6.04. The summed E-state index contributed by atoms with van der Waals surface area (Å²) in [4.78, 5) is 26.8. The average molecular weight is 294 g/mol. The Hall–Kier alpha value is -2.45. The SMILES string of the molecule is CON(C)C(=O)/C=C/c1cc([N+](=O)[O-])cc2c1OCOC2. The molecule has 0 unspecified atom stereocenters. The summed E-state index contributed by atoms with van der Waals surface area (Å²) in [6, 6.07) is 2.75. The number of benzene rings is 1. The molecule has 0 saturated carbocycles. The first-order chi connectivity index (χ1) is 10.0. The van der Waals surface area contributed by atoms with Crippen molar-refractivity contribution in [2.24, 2.45) is 0 Å². The van der Waals surface area contributed by atoms with Gasteiger partial charge in [0, 0.05) is 36.4 Å². The third-order valence-corrected chi connectivity index (χ3v) is 2.92. The Morgan fingerprint density at radius 2 is 2.29 bits per heavy atom. The van der Waals surface area contributed by atoms with Gasteiger partial charge in [-0.1, -0.05) is 0 Å². The lowest BCUT2D eigenvalue weighted by Gasteiger charge is -2.19. The summed E-state index contributed by atoms with van der Waals surface area (Å²) in [6.07, 6.45) is 2.71. The molecule has 1 aromatic carbocycles. The second kappa shape index (κ2) is 6.33. The lowest BCUT2D eigenvalue weighted by molar-refractivity contribution is -0.385. The molecule has 1 amide bonds. The van der Waals surface area contributed by atoms with Crippen molar-refractivity contribution < 1.29 is 24.0 Å². The van der Waals surface area contributed by atoms with Crippen LogP contribution < -0.4 is 4.74 Å². The fourth-order valence-electron chi connectivity index (χ4n) is 1.82. The number of likely N-dealkylation sites (N-methyl/N-ethyl adjacent to an activating group) is 1. The van der Waals surface area contributed by atoms with E-state index in [-0.39, 0.29) is 19.1 Å². The van der Waals surface area contributed by atoms with Crippen molar-refractivity contribution in [3.05, 3.63) is 39.4 Å². The Bertz CT molecular complexity index is 599. The molecule has 8 nitrogen and oxygen atoms in total. The Kier molecular flexibility index (Phi) is 4.51. The topological polar surface area (TPSA) is 91.1 Å². The maximum atomic E-state index is 11.6. The van der Waals surface area contributed by atoms with E-state index in [0.717, 1.165) is 5.06 Å². The summed E-state index contributed by atoms with van der Waals surface area (Å²) < 4.78 is 10.5. The van der Waals surface area contributed by atoms with E-state index in [4.69, 9.17) is 14.3 Å². The summed E-state index contributed by atoms with van der Waals surface area (Å²) in [5, 5.41) is 12.0. The fourth-order valence-corrected chi connectivity index (χ4v) is 1.82. The largest absolute Gasteiger partial charge is 0.467 e. The second-order valence-corrected chi connectivity index (χ2v) is 4.24. The summed E-state index contributed by atoms with van der Waals surface area (Å²) in [6.45, 7) is 0.293. The number of non-ortho nitro benzene ring substituents is 1. The van der Waals surface area contributed by atoms with Crippen LogP contribution in [-0.4, -0.2) is 36.8 Å². The number of hydroxylamine groups is 2. The smallest absolute Gasteiger partial charge is 0.270 e. The molecule has 0 aliphatic carbocycles. The van der Waals surface area contributed by atoms with Crippen molar-refractivity contribution in [2.75, 3.05) is 21.0 Å². The van der Waals surface area contributed by atoms with Gasteiger partial charge >= 0.3 is 0 Å². The third-order valence-electron chi connectivity index (χ3n) is 2.92. The zero-order valence-electron chi connectivity index (χ0n) is 11.6. The second-order valence-electron chi connectivity index (χ2n) is 4.24. The molecule has 0 bridgehead atoms. The molecule has 1 heterocycles. The van der Waals surface area contributed by atoms with Crippen molar-refractivity contribution >= 4 is 17.7 Å². The first kappa shape index (κ1) is 14.9. The number of nitro benzene ring substituents is 1. The summed E-state index contributed by atoms with van der Waals surface area (Å²) in [5.41, 5.74) is 0.929. The monoisotopic (exact) mass is 294 g/mol. The molecular weight excluding hydrogens is 280 g/mol. The van der Waals surface area contributed by atoms with Crippen LogP contribution in [0.1, 0.15) is 11.1 Å². The van der Waals surface area contributed by atoms with E-state index >= 15 is 0 Å². The van der Waals surface area contributed by atoms with Crippen molar-refractivity contribution in [1.82, 2.24) is 5.06 Å². The molecule has 0 spiro atoms. The number of rotatable bonds is 4. The lowest BCUT2D eigenvalue weighted by atomic mass is 10.1. The zero-order valence-corrected chi connectivity index (χ0v) is 11.6. The number of hydrogen-bond donors (Lipinski definition) is 0. The van der Waals surface area contributed by atoms with Crippen LogP contribution in [-0.2, 0) is 21.0 Å². The molecule has 8 heteroatoms. The molecule has 0 aromatic heterocycles. The van der Waals surface area contributed by atoms with Gasteiger partial charge in [-0.15, -0.1) is 0 Å². The minimum Gasteiger partial charge on any atom is -0.467 e. The van der Waals surface area contributed by atoms with E-state index in [1.807, 2.05) is 0 Å². The van der Waals surface area contributed by atoms with Crippen LogP contribution in [0, 0.1) is 10.1 Å². The van der Waals surface area contributed by atoms with Crippen LogP contribution in [0.2, 0.25) is 0 Å². The van der Waals surface area contributed by atoms with E-state index in [2.05, 4.69) is 0 Å². The van der Waals surface area contributed by atoms with Crippen molar-refractivity contribution in [1.29, 1.82) is 0 Å². The molecule has 0 fully saturated rings. The van der Waals surface area contributed by atoms with Crippen molar-refractivity contribution in [3.8, 4) is 5.75 Å². The number of fused-ring (bicyclic) bond motifs is 1. The van der Waals surface area contributed by atoms with Gasteiger partial charge in [0.15, 0.2) is 6.79 Å². The van der Waals surface area contributed by atoms with E-state index < -0.39 is 10.8 Å². The minimum absolute atomic E-state index is 0.0670. The van der Waals surface area contributed by atoms with Crippen LogP contribution in [0.25, 0.3) is 6.08 Å². The highest BCUT2D eigenvalue weighted by molar-refractivity contribution is 5.91. The van der Waals surface area contributed by atoms with Gasteiger partial charge in [-0.05, 0) is 6.08 Å². The maximum absolute atomic E-state index is 11.6. The zero-order chi connectivity index (χ0) is 15.4. The number of carbonyl (C=O) groups is 1. The van der Waals surface area contributed by atoms with Crippen molar-refractivity contribution in [2.45, 2.75) is 6.61 Å². The highest BCUT2D eigenvalue weighted by Gasteiger charge is 2.20. The van der Waals surface area contributed by atoms with Crippen LogP contribution in [0.3, 0.4) is 0 Å². The summed E-state index contributed by atoms with van der Waals surface area (Å²) in [7, 11) is 2.82. The molecule has 1 aliphatic heterocycles. The van der Waals surface area contributed by atoms with E-state index in [1.54, 1.807) is 0 Å². The standard InChI is InChI=1S/C13H14N2O6/c1-14(19-2)12(16)4-3-9-5-11(15(17)18)6-10-7-20-8-21-13(9)10/h3-6H,7-8H2,1-2H3/b4-3+. The first-order valence-electron chi connectivity index (χ1n) is 6.04. The van der Waals surface area contributed by atoms with Gasteiger partial charge in [0.1, 0.15) is 5.75 Å². The van der Waals surface area contributed by atoms with Crippen LogP contribution in [0.15, 0.2) is 18.2 Å². The van der Waals surface area contributed by atoms with Crippen LogP contribution in [0.5, 0.6) is 5.75 Å². The van der Waals surface area contributed by atoms with E-state index in [9.17, 15) is 14.9 Å². The molecular formula is C13H14N2O6. The van der Waals surface area contributed by atoms with Gasteiger partial charge in [0.25, 0.3) is 11.6 Å². The number of hydrogen-bond acceptors (Lipinski definition) is 6. The Labute approximate surface area is 120 Å². The van der Waals surface area contributed by atoms with Gasteiger partial charge in [0.05, 0.1) is 18.6 Å². The maximum Gasteiger partial charge on any atom is 0.270 e. The fraction of sp³-hybridized carbons (Fsp3) is 0.308. The summed E-state index contributed by atoms with van der Waals surface area (Å²) >= 11 is 0. The normalized spacial score (nSPS) is 13.6. The number of nitro groups is 1. The molecule has 21 heavy (non-hydrogen) atoms. The minimum atomic E-state index is -0.505. The Morgan fingerprint density at radius 3 is 2.95 bits per heavy atom. The van der Waals surface area contributed by atoms with Crippen LogP contribution in [0.4, 0.5) is 5.69 Å². The molecule has 0 saturated heterocycles. The number of nitrogens with zero attached hydrogens (tertiary/aromatic N) is 2.